The molecule has 1 aliphatic heterocycles. The number of piperidine rings is 1. The summed E-state index contributed by atoms with van der Waals surface area (Å²) >= 11 is 0. The van der Waals surface area contributed by atoms with Gasteiger partial charge in [0.1, 0.15) is 0 Å². The van der Waals surface area contributed by atoms with Gasteiger partial charge < -0.3 is 5.32 Å². The van der Waals surface area contributed by atoms with Crippen LogP contribution in [0.15, 0.2) is 48.5 Å². The Morgan fingerprint density at radius 1 is 1.11 bits per heavy atom. The third kappa shape index (κ3) is 3.05. The molecular formula is C18H21N. The van der Waals surface area contributed by atoms with Crippen molar-refractivity contribution >= 4 is 16.8 Å². The quantitative estimate of drug-likeness (QED) is 0.841. The number of rotatable bonds is 2. The Balaban J connectivity index is 1.77. The van der Waals surface area contributed by atoms with Crippen molar-refractivity contribution < 1.29 is 0 Å². The molecule has 0 amide bonds. The molecule has 1 nitrogen and oxygen atoms in total. The van der Waals surface area contributed by atoms with Crippen LogP contribution in [0.2, 0.25) is 0 Å². The summed E-state index contributed by atoms with van der Waals surface area (Å²) in [6.45, 7) is 3.49. The van der Waals surface area contributed by atoms with E-state index in [1.54, 1.807) is 0 Å². The monoisotopic (exact) mass is 251 g/mol. The third-order valence-corrected chi connectivity index (χ3v) is 3.99. The molecule has 1 N–H and O–H groups in total. The Hall–Kier alpha value is -1.60. The van der Waals surface area contributed by atoms with Gasteiger partial charge in [0.25, 0.3) is 0 Å². The highest BCUT2D eigenvalue weighted by atomic mass is 14.9. The number of fused-ring (bicyclic) bond motifs is 1. The topological polar surface area (TPSA) is 12.0 Å². The Bertz CT molecular complexity index is 585. The molecule has 2 atom stereocenters. The molecule has 1 fully saturated rings. The third-order valence-electron chi connectivity index (χ3n) is 3.99. The molecule has 2 aromatic rings. The van der Waals surface area contributed by atoms with Crippen molar-refractivity contribution in [1.82, 2.24) is 5.32 Å². The van der Waals surface area contributed by atoms with Crippen LogP contribution in [0.3, 0.4) is 0 Å². The Kier molecular flexibility index (Phi) is 3.65. The Morgan fingerprint density at radius 3 is 2.79 bits per heavy atom. The first-order chi connectivity index (χ1) is 9.31. The smallest absolute Gasteiger partial charge is 0.0255 e. The van der Waals surface area contributed by atoms with E-state index in [0.717, 1.165) is 12.5 Å². The van der Waals surface area contributed by atoms with Gasteiger partial charge in [0.2, 0.25) is 0 Å². The molecule has 1 saturated heterocycles. The summed E-state index contributed by atoms with van der Waals surface area (Å²) in [5, 5.41) is 6.19. The van der Waals surface area contributed by atoms with E-state index >= 15 is 0 Å². The molecule has 0 bridgehead atoms. The Labute approximate surface area is 115 Å². The van der Waals surface area contributed by atoms with Gasteiger partial charge in [0.05, 0.1) is 0 Å². The van der Waals surface area contributed by atoms with E-state index in [4.69, 9.17) is 0 Å². The second-order valence-corrected chi connectivity index (χ2v) is 5.66. The Morgan fingerprint density at radius 2 is 1.95 bits per heavy atom. The van der Waals surface area contributed by atoms with E-state index in [-0.39, 0.29) is 0 Å². The summed E-state index contributed by atoms with van der Waals surface area (Å²) in [7, 11) is 0. The first kappa shape index (κ1) is 12.4. The van der Waals surface area contributed by atoms with Crippen molar-refractivity contribution in [2.45, 2.75) is 25.8 Å². The lowest BCUT2D eigenvalue weighted by atomic mass is 9.94. The molecule has 1 heterocycles. The highest BCUT2D eigenvalue weighted by molar-refractivity contribution is 5.84. The van der Waals surface area contributed by atoms with Gasteiger partial charge in [0.15, 0.2) is 0 Å². The van der Waals surface area contributed by atoms with E-state index in [1.165, 1.54) is 29.2 Å². The van der Waals surface area contributed by atoms with E-state index in [1.807, 2.05) is 0 Å². The van der Waals surface area contributed by atoms with Crippen molar-refractivity contribution in [3.63, 3.8) is 0 Å². The minimum Gasteiger partial charge on any atom is -0.310 e. The van der Waals surface area contributed by atoms with Gasteiger partial charge in [-0.05, 0) is 47.7 Å². The SMILES string of the molecule is CC1CCNC(/C=C/c2ccc3ccccc3c2)C1. The van der Waals surface area contributed by atoms with Crippen LogP contribution in [0.1, 0.15) is 25.3 Å². The first-order valence-electron chi connectivity index (χ1n) is 7.22. The molecule has 1 aliphatic rings. The number of hydrogen-bond acceptors (Lipinski definition) is 1. The molecule has 0 aromatic heterocycles. The van der Waals surface area contributed by atoms with Crippen LogP contribution >= 0.6 is 0 Å². The van der Waals surface area contributed by atoms with Crippen LogP contribution in [0.25, 0.3) is 16.8 Å². The molecule has 0 aliphatic carbocycles. The van der Waals surface area contributed by atoms with Crippen LogP contribution in [-0.4, -0.2) is 12.6 Å². The van der Waals surface area contributed by atoms with Crippen LogP contribution < -0.4 is 5.32 Å². The van der Waals surface area contributed by atoms with Gasteiger partial charge >= 0.3 is 0 Å². The lowest BCUT2D eigenvalue weighted by molar-refractivity contribution is 0.357. The van der Waals surface area contributed by atoms with Crippen molar-refractivity contribution in [3.8, 4) is 0 Å². The number of nitrogens with one attached hydrogen (secondary N) is 1. The average Bonchev–Trinajstić information content (AvgIpc) is 2.45. The van der Waals surface area contributed by atoms with Gasteiger partial charge in [-0.1, -0.05) is 55.5 Å². The van der Waals surface area contributed by atoms with Crippen LogP contribution in [0.4, 0.5) is 0 Å². The fourth-order valence-corrected chi connectivity index (χ4v) is 2.84. The van der Waals surface area contributed by atoms with E-state index < -0.39 is 0 Å². The molecule has 0 radical (unpaired) electrons. The van der Waals surface area contributed by atoms with Crippen LogP contribution in [0.5, 0.6) is 0 Å². The summed E-state index contributed by atoms with van der Waals surface area (Å²) in [5.41, 5.74) is 1.29. The fourth-order valence-electron chi connectivity index (χ4n) is 2.84. The lowest BCUT2D eigenvalue weighted by Crippen LogP contribution is -2.35. The normalized spacial score (nSPS) is 24.1. The largest absolute Gasteiger partial charge is 0.310 e. The van der Waals surface area contributed by atoms with Crippen LogP contribution in [-0.2, 0) is 0 Å². The van der Waals surface area contributed by atoms with Gasteiger partial charge in [-0.2, -0.15) is 0 Å². The zero-order chi connectivity index (χ0) is 13.1. The van der Waals surface area contributed by atoms with Crippen LogP contribution in [0, 0.1) is 5.92 Å². The summed E-state index contributed by atoms with van der Waals surface area (Å²) in [4.78, 5) is 0. The van der Waals surface area contributed by atoms with Crippen molar-refractivity contribution in [2.75, 3.05) is 6.54 Å². The zero-order valence-corrected chi connectivity index (χ0v) is 11.5. The second kappa shape index (κ2) is 5.58. The zero-order valence-electron chi connectivity index (χ0n) is 11.5. The molecule has 19 heavy (non-hydrogen) atoms. The number of benzene rings is 2. The summed E-state index contributed by atoms with van der Waals surface area (Å²) in [5.74, 6) is 0.840. The molecule has 0 saturated carbocycles. The summed E-state index contributed by atoms with van der Waals surface area (Å²) in [6, 6.07) is 15.7. The summed E-state index contributed by atoms with van der Waals surface area (Å²) < 4.78 is 0. The number of hydrogen-bond donors (Lipinski definition) is 1. The molecule has 98 valence electrons. The maximum absolute atomic E-state index is 3.57. The molecule has 3 rings (SSSR count). The first-order valence-corrected chi connectivity index (χ1v) is 7.22. The second-order valence-electron chi connectivity index (χ2n) is 5.66. The predicted molar refractivity (Wildman–Crippen MR) is 83.2 cm³/mol. The minimum absolute atomic E-state index is 0.537. The maximum Gasteiger partial charge on any atom is 0.0255 e. The highest BCUT2D eigenvalue weighted by Gasteiger charge is 2.15. The average molecular weight is 251 g/mol. The van der Waals surface area contributed by atoms with E-state index in [2.05, 4.69) is 66.9 Å². The molecule has 0 spiro atoms. The fraction of sp³-hybridized carbons (Fsp3) is 0.333. The van der Waals surface area contributed by atoms with Gasteiger partial charge in [-0.15, -0.1) is 0 Å². The van der Waals surface area contributed by atoms with Gasteiger partial charge in [0, 0.05) is 6.04 Å². The molecule has 2 unspecified atom stereocenters. The lowest BCUT2D eigenvalue weighted by Gasteiger charge is -2.25. The highest BCUT2D eigenvalue weighted by Crippen LogP contribution is 2.19. The minimum atomic E-state index is 0.537. The predicted octanol–water partition coefficient (Wildman–Crippen LogP) is 4.24. The molecule has 1 heteroatoms. The molecule has 2 aromatic carbocycles. The standard InChI is InChI=1S/C18H21N/c1-14-10-11-19-18(12-14)9-7-15-6-8-16-4-2-3-5-17(16)13-15/h2-9,13-14,18-19H,10-12H2,1H3/b9-7+. The van der Waals surface area contributed by atoms with Gasteiger partial charge in [-0.3, -0.25) is 0 Å². The maximum atomic E-state index is 3.57. The molecular weight excluding hydrogens is 230 g/mol. The van der Waals surface area contributed by atoms with E-state index in [0.29, 0.717) is 6.04 Å². The van der Waals surface area contributed by atoms with Crippen molar-refractivity contribution in [3.05, 3.63) is 54.1 Å². The van der Waals surface area contributed by atoms with Gasteiger partial charge in [-0.25, -0.2) is 0 Å². The van der Waals surface area contributed by atoms with E-state index in [9.17, 15) is 0 Å². The van der Waals surface area contributed by atoms with Crippen molar-refractivity contribution in [1.29, 1.82) is 0 Å². The summed E-state index contributed by atoms with van der Waals surface area (Å²) in [6.07, 6.45) is 7.13. The van der Waals surface area contributed by atoms with Crippen molar-refractivity contribution in [2.24, 2.45) is 5.92 Å².